The van der Waals surface area contributed by atoms with Gasteiger partial charge in [0.25, 0.3) is 5.91 Å². The highest BCUT2D eigenvalue weighted by Crippen LogP contribution is 2.26. The molecule has 1 aliphatic heterocycles. The second-order valence-electron chi connectivity index (χ2n) is 7.23. The van der Waals surface area contributed by atoms with E-state index in [0.29, 0.717) is 11.1 Å². The summed E-state index contributed by atoms with van der Waals surface area (Å²) in [6.07, 6.45) is 1.18. The maximum atomic E-state index is 11.8. The number of nitrogens with zero attached hydrogens (tertiary/aromatic N) is 5. The van der Waals surface area contributed by atoms with Crippen LogP contribution in [0.25, 0.3) is 11.0 Å². The van der Waals surface area contributed by atoms with Gasteiger partial charge in [0.2, 0.25) is 5.95 Å². The van der Waals surface area contributed by atoms with E-state index in [0.717, 1.165) is 57.3 Å². The number of carbonyl (C=O) groups is 1. The van der Waals surface area contributed by atoms with Crippen molar-refractivity contribution in [2.24, 2.45) is 5.73 Å². The Balaban J connectivity index is 1.96. The van der Waals surface area contributed by atoms with Crippen LogP contribution in [0.1, 0.15) is 23.7 Å². The number of aromatic nitrogens is 2. The molecule has 3 rings (SSSR count). The van der Waals surface area contributed by atoms with E-state index in [4.69, 9.17) is 10.7 Å². The molecule has 0 aliphatic carbocycles. The summed E-state index contributed by atoms with van der Waals surface area (Å²) in [5, 5.41) is 0. The molecule has 1 aliphatic rings. The maximum absolute atomic E-state index is 11.8. The van der Waals surface area contributed by atoms with Crippen LogP contribution < -0.4 is 10.6 Å². The monoisotopic (exact) mass is 358 g/mol. The van der Waals surface area contributed by atoms with Gasteiger partial charge in [-0.25, -0.2) is 4.98 Å². The molecule has 0 unspecified atom stereocenters. The standard InChI is InChI=1S/C19H30N6O/c1-4-8-23-10-12-24(13-11-23)19-21-17-15(18(20)26)6-5-7-16(17)25(19)14-9-22(2)3/h5-7H,4,8-14H2,1-3H3,(H2,20,26). The molecule has 2 heterocycles. The van der Waals surface area contributed by atoms with Crippen molar-refractivity contribution < 1.29 is 4.79 Å². The van der Waals surface area contributed by atoms with E-state index in [1.54, 1.807) is 6.07 Å². The van der Waals surface area contributed by atoms with E-state index in [1.807, 2.05) is 12.1 Å². The summed E-state index contributed by atoms with van der Waals surface area (Å²) in [5.74, 6) is 0.527. The van der Waals surface area contributed by atoms with Gasteiger partial charge in [0, 0.05) is 39.3 Å². The lowest BCUT2D eigenvalue weighted by Gasteiger charge is -2.35. The highest BCUT2D eigenvalue weighted by Gasteiger charge is 2.23. The molecule has 142 valence electrons. The summed E-state index contributed by atoms with van der Waals surface area (Å²) in [6.45, 7) is 9.12. The van der Waals surface area contributed by atoms with Crippen LogP contribution in [-0.2, 0) is 6.54 Å². The summed E-state index contributed by atoms with van der Waals surface area (Å²) >= 11 is 0. The SMILES string of the molecule is CCCN1CCN(c2nc3c(C(N)=O)cccc3n2CCN(C)C)CC1. The zero-order valence-electron chi connectivity index (χ0n) is 16.1. The first-order valence-corrected chi connectivity index (χ1v) is 9.42. The molecule has 1 fully saturated rings. The number of benzene rings is 1. The molecular weight excluding hydrogens is 328 g/mol. The molecule has 1 aromatic heterocycles. The van der Waals surface area contributed by atoms with Gasteiger partial charge >= 0.3 is 0 Å². The molecule has 26 heavy (non-hydrogen) atoms. The Morgan fingerprint density at radius 2 is 1.92 bits per heavy atom. The summed E-state index contributed by atoms with van der Waals surface area (Å²) in [6, 6.07) is 5.68. The minimum Gasteiger partial charge on any atom is -0.366 e. The number of carbonyl (C=O) groups excluding carboxylic acids is 1. The molecule has 0 saturated carbocycles. The van der Waals surface area contributed by atoms with Gasteiger partial charge in [-0.2, -0.15) is 0 Å². The molecule has 1 amide bonds. The maximum Gasteiger partial charge on any atom is 0.250 e. The molecule has 2 N–H and O–H groups in total. The molecule has 0 bridgehead atoms. The van der Waals surface area contributed by atoms with Crippen molar-refractivity contribution in [2.75, 3.05) is 58.3 Å². The molecule has 1 aromatic carbocycles. The van der Waals surface area contributed by atoms with Crippen LogP contribution in [0.3, 0.4) is 0 Å². The lowest BCUT2D eigenvalue weighted by Crippen LogP contribution is -2.47. The van der Waals surface area contributed by atoms with Gasteiger partial charge in [-0.15, -0.1) is 0 Å². The molecule has 7 heteroatoms. The normalized spacial score (nSPS) is 15.9. The predicted octanol–water partition coefficient (Wildman–Crippen LogP) is 1.23. The first-order valence-electron chi connectivity index (χ1n) is 9.42. The fourth-order valence-corrected chi connectivity index (χ4v) is 3.58. The smallest absolute Gasteiger partial charge is 0.250 e. The predicted molar refractivity (Wildman–Crippen MR) is 106 cm³/mol. The van der Waals surface area contributed by atoms with Crippen molar-refractivity contribution in [1.29, 1.82) is 0 Å². The Hall–Kier alpha value is -2.12. The van der Waals surface area contributed by atoms with Gasteiger partial charge in [0.1, 0.15) is 5.52 Å². The zero-order valence-corrected chi connectivity index (χ0v) is 16.1. The third-order valence-electron chi connectivity index (χ3n) is 4.99. The van der Waals surface area contributed by atoms with Crippen LogP contribution in [0.5, 0.6) is 0 Å². The van der Waals surface area contributed by atoms with Gasteiger partial charge in [-0.05, 0) is 39.2 Å². The van der Waals surface area contributed by atoms with Crippen molar-refractivity contribution in [2.45, 2.75) is 19.9 Å². The van der Waals surface area contributed by atoms with E-state index in [2.05, 4.69) is 40.3 Å². The Morgan fingerprint density at radius 3 is 2.54 bits per heavy atom. The van der Waals surface area contributed by atoms with E-state index in [9.17, 15) is 4.79 Å². The molecule has 0 radical (unpaired) electrons. The largest absolute Gasteiger partial charge is 0.366 e. The van der Waals surface area contributed by atoms with Gasteiger partial charge in [0.15, 0.2) is 0 Å². The van der Waals surface area contributed by atoms with Crippen LogP contribution in [0.2, 0.25) is 0 Å². The molecule has 0 spiro atoms. The van der Waals surface area contributed by atoms with E-state index < -0.39 is 5.91 Å². The Labute approximate surface area is 155 Å². The highest BCUT2D eigenvalue weighted by atomic mass is 16.1. The Bertz CT molecular complexity index is 761. The summed E-state index contributed by atoms with van der Waals surface area (Å²) in [7, 11) is 4.13. The summed E-state index contributed by atoms with van der Waals surface area (Å²) in [4.78, 5) is 23.7. The van der Waals surface area contributed by atoms with Crippen LogP contribution in [-0.4, -0.2) is 78.6 Å². The lowest BCUT2D eigenvalue weighted by atomic mass is 10.2. The minimum absolute atomic E-state index is 0.424. The molecular formula is C19H30N6O. The quantitative estimate of drug-likeness (QED) is 0.806. The Kier molecular flexibility index (Phi) is 5.78. The number of primary amides is 1. The number of imidazole rings is 1. The van der Waals surface area contributed by atoms with Crippen LogP contribution >= 0.6 is 0 Å². The minimum atomic E-state index is -0.424. The van der Waals surface area contributed by atoms with Crippen molar-refractivity contribution >= 4 is 22.9 Å². The summed E-state index contributed by atoms with van der Waals surface area (Å²) in [5.41, 5.74) is 7.77. The van der Waals surface area contributed by atoms with E-state index >= 15 is 0 Å². The molecule has 2 aromatic rings. The fourth-order valence-electron chi connectivity index (χ4n) is 3.58. The second kappa shape index (κ2) is 8.05. The van der Waals surface area contributed by atoms with Crippen molar-refractivity contribution in [1.82, 2.24) is 19.4 Å². The molecule has 7 nitrogen and oxygen atoms in total. The third-order valence-corrected chi connectivity index (χ3v) is 4.99. The van der Waals surface area contributed by atoms with Crippen LogP contribution in [0, 0.1) is 0 Å². The molecule has 1 saturated heterocycles. The number of para-hydroxylation sites is 1. The first kappa shape index (κ1) is 18.7. The van der Waals surface area contributed by atoms with Crippen LogP contribution in [0.4, 0.5) is 5.95 Å². The topological polar surface area (TPSA) is 70.6 Å². The number of nitrogens with two attached hydrogens (primary N) is 1. The highest BCUT2D eigenvalue weighted by molar-refractivity contribution is 6.04. The van der Waals surface area contributed by atoms with Crippen molar-refractivity contribution in [3.05, 3.63) is 23.8 Å². The van der Waals surface area contributed by atoms with E-state index in [-0.39, 0.29) is 0 Å². The number of fused-ring (bicyclic) bond motifs is 1. The van der Waals surface area contributed by atoms with Crippen molar-refractivity contribution in [3.63, 3.8) is 0 Å². The lowest BCUT2D eigenvalue weighted by molar-refractivity contribution is 0.100. The number of likely N-dealkylation sites (N-methyl/N-ethyl adjacent to an activating group) is 1. The van der Waals surface area contributed by atoms with Crippen molar-refractivity contribution in [3.8, 4) is 0 Å². The summed E-state index contributed by atoms with van der Waals surface area (Å²) < 4.78 is 2.23. The molecule has 0 atom stereocenters. The fraction of sp³-hybridized carbons (Fsp3) is 0.579. The zero-order chi connectivity index (χ0) is 18.7. The third kappa shape index (κ3) is 3.83. The van der Waals surface area contributed by atoms with Gasteiger partial charge in [-0.3, -0.25) is 9.69 Å². The number of amides is 1. The average Bonchev–Trinajstić information content (AvgIpc) is 2.99. The first-order chi connectivity index (χ1) is 12.5. The van der Waals surface area contributed by atoms with Gasteiger partial charge in [0.05, 0.1) is 11.1 Å². The number of hydrogen-bond donors (Lipinski definition) is 1. The van der Waals surface area contributed by atoms with Gasteiger partial charge < -0.3 is 20.1 Å². The van der Waals surface area contributed by atoms with Crippen LogP contribution in [0.15, 0.2) is 18.2 Å². The van der Waals surface area contributed by atoms with Gasteiger partial charge in [-0.1, -0.05) is 13.0 Å². The number of rotatable bonds is 7. The second-order valence-corrected chi connectivity index (χ2v) is 7.23. The Morgan fingerprint density at radius 1 is 1.19 bits per heavy atom. The number of hydrogen-bond acceptors (Lipinski definition) is 5. The number of anilines is 1. The van der Waals surface area contributed by atoms with E-state index in [1.165, 1.54) is 6.42 Å². The average molecular weight is 358 g/mol. The number of piperazine rings is 1.